The number of unbranched alkanes of at least 4 members (excludes halogenated alkanes) is 3. The molecular weight excluding hydrogens is 230 g/mol. The first kappa shape index (κ1) is 12.7. The van der Waals surface area contributed by atoms with Crippen molar-refractivity contribution < 1.29 is 0 Å². The number of rotatable bonds is 5. The summed E-state index contributed by atoms with van der Waals surface area (Å²) in [6.07, 6.45) is 6.01. The highest BCUT2D eigenvalue weighted by Gasteiger charge is 2.20. The van der Waals surface area contributed by atoms with Crippen LogP contribution in [0.4, 0.5) is 17.5 Å². The maximum atomic E-state index is 11.7. The molecule has 0 bridgehead atoms. The quantitative estimate of drug-likeness (QED) is 0.595. The van der Waals surface area contributed by atoms with E-state index >= 15 is 0 Å². The SMILES string of the molecule is CCCCCCC1CNc2nc(N)[nH]c(=O)c2N1. The smallest absolute Gasteiger partial charge is 0.277 e. The van der Waals surface area contributed by atoms with Gasteiger partial charge < -0.3 is 16.4 Å². The van der Waals surface area contributed by atoms with Gasteiger partial charge in [0.05, 0.1) is 0 Å². The molecule has 100 valence electrons. The van der Waals surface area contributed by atoms with Crippen LogP contribution in [0.3, 0.4) is 0 Å². The number of fused-ring (bicyclic) bond motifs is 1. The van der Waals surface area contributed by atoms with Gasteiger partial charge in [-0.1, -0.05) is 32.6 Å². The number of aromatic amines is 1. The standard InChI is InChI=1S/C12H21N5O/c1-2-3-4-5-6-8-7-14-10-9(15-8)11(18)17-12(13)16-10/h8,15H,2-7H2,1H3,(H4,13,14,16,17,18). The van der Waals surface area contributed by atoms with E-state index in [0.29, 0.717) is 17.5 Å². The topological polar surface area (TPSA) is 95.8 Å². The number of nitrogens with one attached hydrogen (secondary N) is 3. The van der Waals surface area contributed by atoms with Crippen LogP contribution in [0.2, 0.25) is 0 Å². The average Bonchev–Trinajstić information content (AvgIpc) is 2.35. The minimum absolute atomic E-state index is 0.148. The molecule has 1 aromatic heterocycles. The number of H-pyrrole nitrogens is 1. The second-order valence-electron chi connectivity index (χ2n) is 4.75. The Hall–Kier alpha value is -1.72. The number of nitrogens with two attached hydrogens (primary N) is 1. The molecule has 6 nitrogen and oxygen atoms in total. The Morgan fingerprint density at radius 3 is 3.00 bits per heavy atom. The zero-order chi connectivity index (χ0) is 13.0. The van der Waals surface area contributed by atoms with E-state index in [9.17, 15) is 4.79 Å². The van der Waals surface area contributed by atoms with Crippen molar-refractivity contribution in [3.63, 3.8) is 0 Å². The maximum Gasteiger partial charge on any atom is 0.277 e. The summed E-state index contributed by atoms with van der Waals surface area (Å²) in [5.41, 5.74) is 5.80. The molecule has 2 rings (SSSR count). The number of hydrogen-bond donors (Lipinski definition) is 4. The summed E-state index contributed by atoms with van der Waals surface area (Å²) in [5, 5.41) is 6.41. The van der Waals surface area contributed by atoms with Crippen LogP contribution in [0, 0.1) is 0 Å². The molecule has 1 atom stereocenters. The molecule has 0 spiro atoms. The highest BCUT2D eigenvalue weighted by molar-refractivity contribution is 5.67. The Labute approximate surface area is 106 Å². The monoisotopic (exact) mass is 251 g/mol. The predicted molar refractivity (Wildman–Crippen MR) is 73.9 cm³/mol. The van der Waals surface area contributed by atoms with E-state index in [0.717, 1.165) is 13.0 Å². The van der Waals surface area contributed by atoms with E-state index in [4.69, 9.17) is 5.73 Å². The van der Waals surface area contributed by atoms with Crippen LogP contribution in [0.25, 0.3) is 0 Å². The van der Waals surface area contributed by atoms with E-state index in [-0.39, 0.29) is 11.5 Å². The molecule has 1 aromatic rings. The van der Waals surface area contributed by atoms with Gasteiger partial charge in [-0.05, 0) is 6.42 Å². The van der Waals surface area contributed by atoms with Crippen molar-refractivity contribution in [1.82, 2.24) is 9.97 Å². The van der Waals surface area contributed by atoms with Crippen LogP contribution < -0.4 is 21.9 Å². The molecule has 0 fully saturated rings. The van der Waals surface area contributed by atoms with Crippen LogP contribution in [-0.4, -0.2) is 22.6 Å². The Morgan fingerprint density at radius 1 is 1.39 bits per heavy atom. The molecule has 0 aliphatic carbocycles. The molecule has 18 heavy (non-hydrogen) atoms. The Kier molecular flexibility index (Phi) is 4.07. The van der Waals surface area contributed by atoms with Gasteiger partial charge >= 0.3 is 0 Å². The minimum Gasteiger partial charge on any atom is -0.373 e. The molecular formula is C12H21N5O. The first-order chi connectivity index (χ1) is 8.70. The third-order valence-electron chi connectivity index (χ3n) is 3.21. The van der Waals surface area contributed by atoms with E-state index in [1.54, 1.807) is 0 Å². The molecule has 1 aliphatic rings. The van der Waals surface area contributed by atoms with E-state index in [1.807, 2.05) is 0 Å². The Morgan fingerprint density at radius 2 is 2.22 bits per heavy atom. The molecule has 0 saturated heterocycles. The van der Waals surface area contributed by atoms with Crippen molar-refractivity contribution in [2.75, 3.05) is 22.9 Å². The third kappa shape index (κ3) is 2.94. The minimum atomic E-state index is -0.205. The predicted octanol–water partition coefficient (Wildman–Crippen LogP) is 1.53. The van der Waals surface area contributed by atoms with Crippen LogP contribution in [-0.2, 0) is 0 Å². The van der Waals surface area contributed by atoms with Gasteiger partial charge in [0.15, 0.2) is 5.82 Å². The lowest BCUT2D eigenvalue weighted by atomic mass is 10.1. The molecule has 6 heteroatoms. The first-order valence-corrected chi connectivity index (χ1v) is 6.61. The third-order valence-corrected chi connectivity index (χ3v) is 3.21. The van der Waals surface area contributed by atoms with Crippen molar-refractivity contribution in [3.8, 4) is 0 Å². The van der Waals surface area contributed by atoms with Crippen LogP contribution in [0.5, 0.6) is 0 Å². The zero-order valence-electron chi connectivity index (χ0n) is 10.8. The largest absolute Gasteiger partial charge is 0.373 e. The molecule has 2 heterocycles. The zero-order valence-corrected chi connectivity index (χ0v) is 10.8. The average molecular weight is 251 g/mol. The molecule has 1 unspecified atom stereocenters. The van der Waals surface area contributed by atoms with Gasteiger partial charge in [0, 0.05) is 12.6 Å². The van der Waals surface area contributed by atoms with Crippen LogP contribution >= 0.6 is 0 Å². The summed E-state index contributed by atoms with van der Waals surface area (Å²) in [6, 6.07) is 0.292. The van der Waals surface area contributed by atoms with E-state index in [1.165, 1.54) is 25.7 Å². The van der Waals surface area contributed by atoms with Crippen LogP contribution in [0.15, 0.2) is 4.79 Å². The number of anilines is 3. The van der Waals surface area contributed by atoms with Gasteiger partial charge in [0.2, 0.25) is 5.95 Å². The second-order valence-corrected chi connectivity index (χ2v) is 4.75. The molecule has 0 radical (unpaired) electrons. The molecule has 1 aliphatic heterocycles. The molecule has 0 amide bonds. The normalized spacial score (nSPS) is 17.7. The Bertz CT molecular complexity index is 456. The van der Waals surface area contributed by atoms with Crippen molar-refractivity contribution in [2.45, 2.75) is 45.1 Å². The van der Waals surface area contributed by atoms with Gasteiger partial charge in [0.1, 0.15) is 5.69 Å². The summed E-state index contributed by atoms with van der Waals surface area (Å²) < 4.78 is 0. The summed E-state index contributed by atoms with van der Waals surface area (Å²) in [4.78, 5) is 18.3. The fraction of sp³-hybridized carbons (Fsp3) is 0.667. The van der Waals surface area contributed by atoms with E-state index in [2.05, 4.69) is 27.5 Å². The number of nitrogen functional groups attached to an aromatic ring is 1. The van der Waals surface area contributed by atoms with Gasteiger partial charge in [-0.15, -0.1) is 0 Å². The summed E-state index contributed by atoms with van der Waals surface area (Å²) in [6.45, 7) is 2.99. The van der Waals surface area contributed by atoms with E-state index < -0.39 is 0 Å². The highest BCUT2D eigenvalue weighted by Crippen LogP contribution is 2.21. The fourth-order valence-electron chi connectivity index (χ4n) is 2.22. The van der Waals surface area contributed by atoms with Crippen molar-refractivity contribution >= 4 is 17.5 Å². The number of aromatic nitrogens is 2. The lowest BCUT2D eigenvalue weighted by Crippen LogP contribution is -2.37. The highest BCUT2D eigenvalue weighted by atomic mass is 16.1. The van der Waals surface area contributed by atoms with Crippen LogP contribution in [0.1, 0.15) is 39.0 Å². The summed E-state index contributed by atoms with van der Waals surface area (Å²) >= 11 is 0. The summed E-state index contributed by atoms with van der Waals surface area (Å²) in [7, 11) is 0. The molecule has 5 N–H and O–H groups in total. The fourth-order valence-corrected chi connectivity index (χ4v) is 2.22. The maximum absolute atomic E-state index is 11.7. The van der Waals surface area contributed by atoms with Gasteiger partial charge in [-0.25, -0.2) is 0 Å². The van der Waals surface area contributed by atoms with Crippen molar-refractivity contribution in [2.24, 2.45) is 0 Å². The van der Waals surface area contributed by atoms with Gasteiger partial charge in [-0.3, -0.25) is 9.78 Å². The lowest BCUT2D eigenvalue weighted by Gasteiger charge is -2.26. The number of hydrogen-bond acceptors (Lipinski definition) is 5. The van der Waals surface area contributed by atoms with Gasteiger partial charge in [0.25, 0.3) is 5.56 Å². The Balaban J connectivity index is 1.95. The molecule has 0 aromatic carbocycles. The van der Waals surface area contributed by atoms with Gasteiger partial charge in [-0.2, -0.15) is 4.98 Å². The second kappa shape index (κ2) is 5.75. The lowest BCUT2D eigenvalue weighted by molar-refractivity contribution is 0.577. The summed E-state index contributed by atoms with van der Waals surface area (Å²) in [5.74, 6) is 0.704. The first-order valence-electron chi connectivity index (χ1n) is 6.61. The van der Waals surface area contributed by atoms with Crippen molar-refractivity contribution in [1.29, 1.82) is 0 Å². The molecule has 0 saturated carbocycles. The number of nitrogens with zero attached hydrogens (tertiary/aromatic N) is 1. The van der Waals surface area contributed by atoms with Crippen molar-refractivity contribution in [3.05, 3.63) is 10.4 Å².